The van der Waals surface area contributed by atoms with E-state index in [-0.39, 0.29) is 18.8 Å². The van der Waals surface area contributed by atoms with Gasteiger partial charge in [0.25, 0.3) is 0 Å². The maximum absolute atomic E-state index is 12.5. The molecule has 0 atom stereocenters. The van der Waals surface area contributed by atoms with Gasteiger partial charge in [0.15, 0.2) is 0 Å². The van der Waals surface area contributed by atoms with Gasteiger partial charge in [-0.05, 0) is 44.2 Å². The Kier molecular flexibility index (Phi) is 6.56. The number of nitrogens with zero attached hydrogens (tertiary/aromatic N) is 1. The minimum absolute atomic E-state index is 0.213. The van der Waals surface area contributed by atoms with E-state index in [1.54, 1.807) is 50.2 Å². The molecule has 0 fully saturated rings. The van der Waals surface area contributed by atoms with Crippen LogP contribution in [0, 0.1) is 0 Å². The largest absolute Gasteiger partial charge is 0.462 e. The van der Waals surface area contributed by atoms with Gasteiger partial charge < -0.3 is 14.8 Å². The van der Waals surface area contributed by atoms with Crippen molar-refractivity contribution in [1.82, 2.24) is 4.98 Å². The van der Waals surface area contributed by atoms with Crippen LogP contribution in [-0.2, 0) is 9.47 Å². The van der Waals surface area contributed by atoms with Crippen molar-refractivity contribution in [2.75, 3.05) is 18.5 Å². The summed E-state index contributed by atoms with van der Waals surface area (Å²) in [6.07, 6.45) is 1.40. The zero-order valence-electron chi connectivity index (χ0n) is 15.8. The van der Waals surface area contributed by atoms with Crippen molar-refractivity contribution in [2.45, 2.75) is 13.8 Å². The summed E-state index contributed by atoms with van der Waals surface area (Å²) >= 11 is 12.5. The highest BCUT2D eigenvalue weighted by Crippen LogP contribution is 2.35. The van der Waals surface area contributed by atoms with E-state index in [2.05, 4.69) is 10.3 Å². The number of anilines is 2. The van der Waals surface area contributed by atoms with Crippen LogP contribution in [0.5, 0.6) is 0 Å². The molecular weight excluding hydrogens is 415 g/mol. The molecular formula is C21H18Cl2N2O4. The molecule has 0 aliphatic carbocycles. The normalized spacial score (nSPS) is 10.6. The third-order valence-corrected chi connectivity index (χ3v) is 4.53. The van der Waals surface area contributed by atoms with E-state index in [0.29, 0.717) is 37.9 Å². The van der Waals surface area contributed by atoms with Gasteiger partial charge in [0.05, 0.1) is 35.0 Å². The average Bonchev–Trinajstić information content (AvgIpc) is 2.69. The Balaban J connectivity index is 2.14. The van der Waals surface area contributed by atoms with Crippen LogP contribution in [-0.4, -0.2) is 30.1 Å². The second-order valence-electron chi connectivity index (χ2n) is 5.98. The van der Waals surface area contributed by atoms with Gasteiger partial charge in [-0.25, -0.2) is 9.59 Å². The van der Waals surface area contributed by atoms with Gasteiger partial charge >= 0.3 is 11.9 Å². The smallest absolute Gasteiger partial charge is 0.341 e. The number of halogens is 2. The van der Waals surface area contributed by atoms with Gasteiger partial charge in [0.2, 0.25) is 0 Å². The molecule has 29 heavy (non-hydrogen) atoms. The standard InChI is InChI=1S/C21H18Cl2N2O4/c1-3-28-20(26)12-6-5-7-14(8-12)25-18-15-9-13(22)10-17(23)19(15)24-11-16(18)21(27)29-4-2/h5-11H,3-4H2,1-2H3,(H,24,25). The number of benzene rings is 2. The third kappa shape index (κ3) is 4.60. The van der Waals surface area contributed by atoms with Gasteiger partial charge in [-0.3, -0.25) is 4.98 Å². The number of carbonyl (C=O) groups is 2. The molecule has 0 saturated carbocycles. The number of hydrogen-bond acceptors (Lipinski definition) is 6. The minimum Gasteiger partial charge on any atom is -0.462 e. The Morgan fingerprint density at radius 2 is 1.76 bits per heavy atom. The van der Waals surface area contributed by atoms with Crippen molar-refractivity contribution in [3.8, 4) is 0 Å². The van der Waals surface area contributed by atoms with Gasteiger partial charge in [-0.2, -0.15) is 0 Å². The van der Waals surface area contributed by atoms with Crippen molar-refractivity contribution in [3.63, 3.8) is 0 Å². The quantitative estimate of drug-likeness (QED) is 0.507. The average molecular weight is 433 g/mol. The fourth-order valence-electron chi connectivity index (χ4n) is 2.81. The fourth-order valence-corrected chi connectivity index (χ4v) is 3.35. The fraction of sp³-hybridized carbons (Fsp3) is 0.190. The lowest BCUT2D eigenvalue weighted by atomic mass is 10.1. The van der Waals surface area contributed by atoms with Crippen LogP contribution in [0.4, 0.5) is 11.4 Å². The molecule has 1 N–H and O–H groups in total. The Labute approximate surface area is 177 Å². The van der Waals surface area contributed by atoms with E-state index >= 15 is 0 Å². The van der Waals surface area contributed by atoms with Crippen molar-refractivity contribution in [1.29, 1.82) is 0 Å². The molecule has 0 unspecified atom stereocenters. The molecule has 1 aromatic heterocycles. The van der Waals surface area contributed by atoms with E-state index in [1.165, 1.54) is 6.20 Å². The Hall–Kier alpha value is -2.83. The molecule has 0 spiro atoms. The lowest BCUT2D eigenvalue weighted by molar-refractivity contribution is 0.0517. The molecule has 8 heteroatoms. The number of hydrogen-bond donors (Lipinski definition) is 1. The molecule has 3 aromatic rings. The summed E-state index contributed by atoms with van der Waals surface area (Å²) < 4.78 is 10.2. The zero-order valence-corrected chi connectivity index (χ0v) is 17.3. The number of pyridine rings is 1. The molecule has 0 radical (unpaired) electrons. The predicted molar refractivity (Wildman–Crippen MR) is 113 cm³/mol. The van der Waals surface area contributed by atoms with Crippen molar-refractivity contribution in [3.05, 3.63) is 63.8 Å². The minimum atomic E-state index is -0.540. The predicted octanol–water partition coefficient (Wildman–Crippen LogP) is 5.64. The Morgan fingerprint density at radius 3 is 2.48 bits per heavy atom. The molecule has 6 nitrogen and oxygen atoms in total. The lowest BCUT2D eigenvalue weighted by Crippen LogP contribution is -2.10. The maximum atomic E-state index is 12.5. The third-order valence-electron chi connectivity index (χ3n) is 4.03. The van der Waals surface area contributed by atoms with E-state index in [4.69, 9.17) is 32.7 Å². The first-order valence-electron chi connectivity index (χ1n) is 8.93. The van der Waals surface area contributed by atoms with Crippen LogP contribution in [0.25, 0.3) is 10.9 Å². The highest BCUT2D eigenvalue weighted by atomic mass is 35.5. The molecule has 0 aliphatic heterocycles. The molecule has 3 rings (SSSR count). The number of aromatic nitrogens is 1. The molecule has 0 aliphatic rings. The molecule has 1 heterocycles. The molecule has 0 saturated heterocycles. The number of esters is 2. The van der Waals surface area contributed by atoms with Gasteiger partial charge in [-0.1, -0.05) is 29.3 Å². The number of fused-ring (bicyclic) bond motifs is 1. The molecule has 0 bridgehead atoms. The number of ether oxygens (including phenoxy) is 2. The van der Waals surface area contributed by atoms with E-state index in [9.17, 15) is 9.59 Å². The van der Waals surface area contributed by atoms with E-state index in [0.717, 1.165) is 0 Å². The number of rotatable bonds is 6. The van der Waals surface area contributed by atoms with Gasteiger partial charge in [0.1, 0.15) is 5.56 Å². The van der Waals surface area contributed by atoms with Crippen molar-refractivity contribution in [2.24, 2.45) is 0 Å². The van der Waals surface area contributed by atoms with Gasteiger partial charge in [0, 0.05) is 22.3 Å². The molecule has 0 amide bonds. The highest BCUT2D eigenvalue weighted by Gasteiger charge is 2.19. The van der Waals surface area contributed by atoms with E-state index in [1.807, 2.05) is 0 Å². The first kappa shape index (κ1) is 20.9. The summed E-state index contributed by atoms with van der Waals surface area (Å²) in [5.74, 6) is -0.977. The highest BCUT2D eigenvalue weighted by molar-refractivity contribution is 6.38. The molecule has 2 aromatic carbocycles. The monoisotopic (exact) mass is 432 g/mol. The Morgan fingerprint density at radius 1 is 1.03 bits per heavy atom. The van der Waals surface area contributed by atoms with Crippen LogP contribution < -0.4 is 5.32 Å². The Bertz CT molecular complexity index is 1090. The van der Waals surface area contributed by atoms with Crippen molar-refractivity contribution < 1.29 is 19.1 Å². The second-order valence-corrected chi connectivity index (χ2v) is 6.82. The topological polar surface area (TPSA) is 77.5 Å². The lowest BCUT2D eigenvalue weighted by Gasteiger charge is -2.15. The van der Waals surface area contributed by atoms with E-state index < -0.39 is 11.9 Å². The van der Waals surface area contributed by atoms with Gasteiger partial charge in [-0.15, -0.1) is 0 Å². The van der Waals surface area contributed by atoms with Crippen molar-refractivity contribution >= 4 is 57.4 Å². The zero-order chi connectivity index (χ0) is 21.0. The molecule has 150 valence electrons. The summed E-state index contributed by atoms with van der Waals surface area (Å²) in [5.41, 5.74) is 2.08. The SMILES string of the molecule is CCOC(=O)c1cccc(Nc2c(C(=O)OCC)cnc3c(Cl)cc(Cl)cc23)c1. The summed E-state index contributed by atoms with van der Waals surface area (Å²) in [7, 11) is 0. The summed E-state index contributed by atoms with van der Waals surface area (Å²) in [5, 5.41) is 4.48. The van der Waals surface area contributed by atoms with Crippen LogP contribution in [0.1, 0.15) is 34.6 Å². The van der Waals surface area contributed by atoms with Crippen LogP contribution >= 0.6 is 23.2 Å². The number of carbonyl (C=O) groups excluding carboxylic acids is 2. The first-order valence-corrected chi connectivity index (χ1v) is 9.69. The summed E-state index contributed by atoms with van der Waals surface area (Å²) in [6, 6.07) is 9.99. The van der Waals surface area contributed by atoms with Crippen LogP contribution in [0.3, 0.4) is 0 Å². The van der Waals surface area contributed by atoms with Crippen LogP contribution in [0.2, 0.25) is 10.0 Å². The number of nitrogens with one attached hydrogen (secondary N) is 1. The maximum Gasteiger partial charge on any atom is 0.341 e. The second kappa shape index (κ2) is 9.11. The summed E-state index contributed by atoms with van der Waals surface area (Å²) in [6.45, 7) is 3.94. The summed E-state index contributed by atoms with van der Waals surface area (Å²) in [4.78, 5) is 28.8. The first-order chi connectivity index (χ1) is 13.9. The van der Waals surface area contributed by atoms with Crippen LogP contribution in [0.15, 0.2) is 42.6 Å².